The summed E-state index contributed by atoms with van der Waals surface area (Å²) in [6.07, 6.45) is 0.0733. The van der Waals surface area contributed by atoms with Crippen LogP contribution in [0.3, 0.4) is 0 Å². The summed E-state index contributed by atoms with van der Waals surface area (Å²) in [5.41, 5.74) is 7.23. The van der Waals surface area contributed by atoms with Gasteiger partial charge in [0.05, 0.1) is 0 Å². The molecule has 0 fully saturated rings. The first-order valence-corrected chi connectivity index (χ1v) is 8.81. The molecule has 0 saturated heterocycles. The van der Waals surface area contributed by atoms with Crippen LogP contribution in [-0.2, 0) is 11.3 Å². The van der Waals surface area contributed by atoms with Crippen LogP contribution in [0.5, 0.6) is 5.75 Å². The van der Waals surface area contributed by atoms with Crippen LogP contribution in [0.15, 0.2) is 54.6 Å². The number of ketones is 1. The molecule has 1 amide bonds. The third-order valence-corrected chi connectivity index (χ3v) is 4.06. The Hall–Kier alpha value is -2.37. The first kappa shape index (κ1) is 22.7. The van der Waals surface area contributed by atoms with Crippen LogP contribution in [0.25, 0.3) is 0 Å². The second kappa shape index (κ2) is 11.4. The Morgan fingerprint density at radius 1 is 1.11 bits per heavy atom. The summed E-state index contributed by atoms with van der Waals surface area (Å²) in [4.78, 5) is 26.1. The lowest BCUT2D eigenvalue weighted by Gasteiger charge is -2.26. The van der Waals surface area contributed by atoms with Crippen LogP contribution in [0, 0.1) is 0 Å². The lowest BCUT2D eigenvalue weighted by molar-refractivity contribution is -0.138. The Labute approximate surface area is 166 Å². The monoisotopic (exact) mass is 390 g/mol. The standard InChI is InChI=1S/C21H26N2O3.ClH/c1-16(24)19-10-6-11-20(14-19)26-17(2)21(25)23(13-7-12-22)15-18-8-4-3-5-9-18;/h3-6,8-11,14,17H,7,12-13,15,22H2,1-2H3;1H. The van der Waals surface area contributed by atoms with Crippen molar-refractivity contribution in [3.05, 3.63) is 65.7 Å². The number of nitrogens with zero attached hydrogens (tertiary/aromatic N) is 1. The van der Waals surface area contributed by atoms with E-state index in [-0.39, 0.29) is 24.1 Å². The molecule has 0 aliphatic carbocycles. The molecule has 2 N–H and O–H groups in total. The van der Waals surface area contributed by atoms with Crippen molar-refractivity contribution >= 4 is 24.1 Å². The summed E-state index contributed by atoms with van der Waals surface area (Å²) < 4.78 is 5.79. The zero-order valence-electron chi connectivity index (χ0n) is 15.8. The Morgan fingerprint density at radius 3 is 2.44 bits per heavy atom. The smallest absolute Gasteiger partial charge is 0.263 e. The van der Waals surface area contributed by atoms with Crippen LogP contribution < -0.4 is 10.5 Å². The van der Waals surface area contributed by atoms with Gasteiger partial charge in [-0.3, -0.25) is 9.59 Å². The molecule has 1 atom stereocenters. The lowest BCUT2D eigenvalue weighted by Crippen LogP contribution is -2.41. The van der Waals surface area contributed by atoms with Crippen molar-refractivity contribution in [1.29, 1.82) is 0 Å². The van der Waals surface area contributed by atoms with E-state index in [2.05, 4.69) is 0 Å². The number of ether oxygens (including phenoxy) is 1. The van der Waals surface area contributed by atoms with Crippen molar-refractivity contribution < 1.29 is 14.3 Å². The molecular formula is C21H27ClN2O3. The van der Waals surface area contributed by atoms with Crippen molar-refractivity contribution in [2.24, 2.45) is 5.73 Å². The average molecular weight is 391 g/mol. The fraction of sp³-hybridized carbons (Fsp3) is 0.333. The summed E-state index contributed by atoms with van der Waals surface area (Å²) in [6, 6.07) is 16.7. The first-order chi connectivity index (χ1) is 12.5. The van der Waals surface area contributed by atoms with Crippen LogP contribution >= 0.6 is 12.4 Å². The summed E-state index contributed by atoms with van der Waals surface area (Å²) in [5.74, 6) is 0.371. The number of amides is 1. The molecule has 0 heterocycles. The van der Waals surface area contributed by atoms with Gasteiger partial charge in [-0.25, -0.2) is 0 Å². The van der Waals surface area contributed by atoms with Crippen LogP contribution in [0.4, 0.5) is 0 Å². The van der Waals surface area contributed by atoms with Crippen LogP contribution in [0.1, 0.15) is 36.2 Å². The van der Waals surface area contributed by atoms with Crippen molar-refractivity contribution in [2.45, 2.75) is 32.9 Å². The highest BCUT2D eigenvalue weighted by Crippen LogP contribution is 2.17. The topological polar surface area (TPSA) is 72.6 Å². The van der Waals surface area contributed by atoms with E-state index in [0.29, 0.717) is 30.9 Å². The molecular weight excluding hydrogens is 364 g/mol. The number of hydrogen-bond donors (Lipinski definition) is 1. The van der Waals surface area contributed by atoms with Gasteiger partial charge >= 0.3 is 0 Å². The van der Waals surface area contributed by atoms with Gasteiger partial charge in [0.2, 0.25) is 0 Å². The van der Waals surface area contributed by atoms with Gasteiger partial charge in [-0.15, -0.1) is 12.4 Å². The van der Waals surface area contributed by atoms with Gasteiger partial charge in [0.25, 0.3) is 5.91 Å². The Bertz CT molecular complexity index is 737. The summed E-state index contributed by atoms with van der Waals surface area (Å²) in [5, 5.41) is 0. The summed E-state index contributed by atoms with van der Waals surface area (Å²) in [6.45, 7) is 4.84. The zero-order valence-corrected chi connectivity index (χ0v) is 16.6. The average Bonchev–Trinajstić information content (AvgIpc) is 2.65. The van der Waals surface area contributed by atoms with Gasteiger partial charge in [0, 0.05) is 18.7 Å². The molecule has 0 bridgehead atoms. The van der Waals surface area contributed by atoms with Crippen molar-refractivity contribution in [1.82, 2.24) is 4.90 Å². The van der Waals surface area contributed by atoms with E-state index in [1.807, 2.05) is 30.3 Å². The molecule has 0 spiro atoms. The number of Topliss-reactive ketones (excluding diaryl/α,β-unsaturated/α-hetero) is 1. The van der Waals surface area contributed by atoms with E-state index in [9.17, 15) is 9.59 Å². The molecule has 146 valence electrons. The molecule has 0 saturated carbocycles. The Balaban J connectivity index is 0.00000364. The normalized spacial score (nSPS) is 11.2. The van der Waals surface area contributed by atoms with E-state index in [1.165, 1.54) is 6.92 Å². The van der Waals surface area contributed by atoms with E-state index in [1.54, 1.807) is 36.1 Å². The SMILES string of the molecule is CC(=O)c1cccc(OC(C)C(=O)N(CCCN)Cc2ccccc2)c1.Cl. The van der Waals surface area contributed by atoms with Gasteiger partial charge < -0.3 is 15.4 Å². The highest BCUT2D eigenvalue weighted by molar-refractivity contribution is 5.94. The molecule has 0 aliphatic rings. The number of hydrogen-bond acceptors (Lipinski definition) is 4. The highest BCUT2D eigenvalue weighted by Gasteiger charge is 2.22. The highest BCUT2D eigenvalue weighted by atomic mass is 35.5. The molecule has 0 aliphatic heterocycles. The molecule has 0 aromatic heterocycles. The third kappa shape index (κ3) is 7.04. The summed E-state index contributed by atoms with van der Waals surface area (Å²) in [7, 11) is 0. The minimum Gasteiger partial charge on any atom is -0.481 e. The maximum Gasteiger partial charge on any atom is 0.263 e. The molecule has 27 heavy (non-hydrogen) atoms. The number of rotatable bonds is 9. The lowest BCUT2D eigenvalue weighted by atomic mass is 10.1. The second-order valence-corrected chi connectivity index (χ2v) is 6.23. The van der Waals surface area contributed by atoms with Crippen molar-refractivity contribution in [3.63, 3.8) is 0 Å². The quantitative estimate of drug-likeness (QED) is 0.665. The number of carbonyl (C=O) groups excluding carboxylic acids is 2. The van der Waals surface area contributed by atoms with Crippen LogP contribution in [-0.4, -0.2) is 35.8 Å². The van der Waals surface area contributed by atoms with E-state index >= 15 is 0 Å². The Kier molecular flexibility index (Phi) is 9.54. The predicted molar refractivity (Wildman–Crippen MR) is 109 cm³/mol. The van der Waals surface area contributed by atoms with Gasteiger partial charge in [-0.1, -0.05) is 42.5 Å². The summed E-state index contributed by atoms with van der Waals surface area (Å²) >= 11 is 0. The molecule has 2 aromatic rings. The van der Waals surface area contributed by atoms with E-state index in [4.69, 9.17) is 10.5 Å². The number of carbonyl (C=O) groups is 2. The minimum absolute atomic E-state index is 0. The fourth-order valence-corrected chi connectivity index (χ4v) is 2.65. The zero-order chi connectivity index (χ0) is 18.9. The maximum atomic E-state index is 12.9. The molecule has 6 heteroatoms. The largest absolute Gasteiger partial charge is 0.481 e. The van der Waals surface area contributed by atoms with Gasteiger partial charge in [0.15, 0.2) is 11.9 Å². The number of halogens is 1. The van der Waals surface area contributed by atoms with Crippen molar-refractivity contribution in [2.75, 3.05) is 13.1 Å². The van der Waals surface area contributed by atoms with Gasteiger partial charge in [-0.05, 0) is 44.5 Å². The molecule has 1 unspecified atom stereocenters. The number of nitrogens with two attached hydrogens (primary N) is 1. The van der Waals surface area contributed by atoms with Crippen LogP contribution in [0.2, 0.25) is 0 Å². The van der Waals surface area contributed by atoms with Gasteiger partial charge in [0.1, 0.15) is 5.75 Å². The van der Waals surface area contributed by atoms with Gasteiger partial charge in [-0.2, -0.15) is 0 Å². The molecule has 0 radical (unpaired) electrons. The van der Waals surface area contributed by atoms with Crippen molar-refractivity contribution in [3.8, 4) is 5.75 Å². The number of benzene rings is 2. The third-order valence-electron chi connectivity index (χ3n) is 4.06. The molecule has 2 rings (SSSR count). The second-order valence-electron chi connectivity index (χ2n) is 6.23. The van der Waals surface area contributed by atoms with E-state index < -0.39 is 6.10 Å². The fourth-order valence-electron chi connectivity index (χ4n) is 2.65. The predicted octanol–water partition coefficient (Wildman–Crippen LogP) is 3.46. The molecule has 2 aromatic carbocycles. The van der Waals surface area contributed by atoms with E-state index in [0.717, 1.165) is 12.0 Å². The minimum atomic E-state index is -0.654. The first-order valence-electron chi connectivity index (χ1n) is 8.81. The Morgan fingerprint density at radius 2 is 1.81 bits per heavy atom. The maximum absolute atomic E-state index is 12.9. The molecule has 5 nitrogen and oxygen atoms in total.